The molecule has 0 radical (unpaired) electrons. The number of nitrogens with one attached hydrogen (secondary N) is 1. The lowest BCUT2D eigenvalue weighted by Gasteiger charge is -2.17. The summed E-state index contributed by atoms with van der Waals surface area (Å²) in [6.45, 7) is 2.98. The van der Waals surface area contributed by atoms with Gasteiger partial charge >= 0.3 is 0 Å². The molecule has 5 heteroatoms. The molecule has 2 aromatic heterocycles. The second-order valence-electron chi connectivity index (χ2n) is 3.50. The van der Waals surface area contributed by atoms with Gasteiger partial charge in [0, 0.05) is 18.1 Å². The maximum absolute atomic E-state index is 6.18. The first kappa shape index (κ1) is 11.6. The molecule has 3 nitrogen and oxygen atoms in total. The third-order valence-electron chi connectivity index (χ3n) is 2.47. The number of hydrogen-bond donors (Lipinski definition) is 1. The Labute approximate surface area is 104 Å². The van der Waals surface area contributed by atoms with Gasteiger partial charge in [-0.05, 0) is 24.1 Å². The van der Waals surface area contributed by atoms with Gasteiger partial charge in [-0.15, -0.1) is 11.3 Å². The van der Waals surface area contributed by atoms with Crippen molar-refractivity contribution < 1.29 is 0 Å². The molecule has 0 fully saturated rings. The van der Waals surface area contributed by atoms with Crippen molar-refractivity contribution in [1.82, 2.24) is 15.1 Å². The molecule has 0 aromatic carbocycles. The lowest BCUT2D eigenvalue weighted by Crippen LogP contribution is -2.23. The fourth-order valence-electron chi connectivity index (χ4n) is 1.71. The van der Waals surface area contributed by atoms with E-state index in [9.17, 15) is 0 Å². The van der Waals surface area contributed by atoms with Crippen LogP contribution in [0.2, 0.25) is 5.02 Å². The Bertz CT molecular complexity index is 423. The summed E-state index contributed by atoms with van der Waals surface area (Å²) < 4.78 is 1.88. The molecule has 2 aromatic rings. The van der Waals surface area contributed by atoms with Crippen LogP contribution in [-0.4, -0.2) is 16.3 Å². The van der Waals surface area contributed by atoms with Crippen molar-refractivity contribution in [1.29, 1.82) is 0 Å². The van der Waals surface area contributed by atoms with Crippen LogP contribution in [0.15, 0.2) is 23.7 Å². The van der Waals surface area contributed by atoms with Gasteiger partial charge in [0.05, 0.1) is 16.8 Å². The van der Waals surface area contributed by atoms with E-state index in [-0.39, 0.29) is 6.04 Å². The van der Waals surface area contributed by atoms with E-state index in [0.29, 0.717) is 0 Å². The minimum atomic E-state index is 0.130. The van der Waals surface area contributed by atoms with Crippen LogP contribution >= 0.6 is 22.9 Å². The molecule has 0 saturated heterocycles. The summed E-state index contributed by atoms with van der Waals surface area (Å²) in [5, 5.41) is 10.5. The highest BCUT2D eigenvalue weighted by Crippen LogP contribution is 2.32. The zero-order chi connectivity index (χ0) is 11.5. The van der Waals surface area contributed by atoms with Crippen LogP contribution in [0.25, 0.3) is 0 Å². The topological polar surface area (TPSA) is 29.9 Å². The molecule has 0 spiro atoms. The van der Waals surface area contributed by atoms with Crippen molar-refractivity contribution in [2.24, 2.45) is 7.05 Å². The number of rotatable bonds is 4. The molecular formula is C11H14ClN3S. The number of nitrogens with zero attached hydrogens (tertiary/aromatic N) is 2. The highest BCUT2D eigenvalue weighted by atomic mass is 35.5. The maximum atomic E-state index is 6.18. The first-order valence-corrected chi connectivity index (χ1v) is 6.44. The molecule has 0 aliphatic rings. The second kappa shape index (κ2) is 4.99. The minimum Gasteiger partial charge on any atom is -0.305 e. The van der Waals surface area contributed by atoms with Crippen molar-refractivity contribution >= 4 is 22.9 Å². The lowest BCUT2D eigenvalue weighted by atomic mass is 10.1. The summed E-state index contributed by atoms with van der Waals surface area (Å²) in [6, 6.07) is 4.08. The van der Waals surface area contributed by atoms with Gasteiger partial charge in [-0.3, -0.25) is 4.68 Å². The van der Waals surface area contributed by atoms with Gasteiger partial charge in [0.15, 0.2) is 0 Å². The van der Waals surface area contributed by atoms with Crippen LogP contribution in [0, 0.1) is 0 Å². The number of aryl methyl sites for hydroxylation is 1. The second-order valence-corrected chi connectivity index (χ2v) is 4.86. The summed E-state index contributed by atoms with van der Waals surface area (Å²) >= 11 is 7.85. The molecule has 1 unspecified atom stereocenters. The molecule has 0 aliphatic carbocycles. The van der Waals surface area contributed by atoms with Gasteiger partial charge in [0.25, 0.3) is 0 Å². The highest BCUT2D eigenvalue weighted by Gasteiger charge is 2.19. The van der Waals surface area contributed by atoms with Gasteiger partial charge in [0.1, 0.15) is 0 Å². The zero-order valence-corrected chi connectivity index (χ0v) is 10.8. The number of thiophene rings is 1. The first-order chi connectivity index (χ1) is 7.74. The third-order valence-corrected chi connectivity index (χ3v) is 3.89. The van der Waals surface area contributed by atoms with Crippen LogP contribution in [0.3, 0.4) is 0 Å². The Kier molecular flexibility index (Phi) is 3.63. The van der Waals surface area contributed by atoms with Crippen molar-refractivity contribution in [3.05, 3.63) is 39.3 Å². The van der Waals surface area contributed by atoms with E-state index >= 15 is 0 Å². The van der Waals surface area contributed by atoms with Crippen LogP contribution in [0.5, 0.6) is 0 Å². The van der Waals surface area contributed by atoms with E-state index in [1.807, 2.05) is 29.2 Å². The number of aromatic nitrogens is 2. The predicted molar refractivity (Wildman–Crippen MR) is 68.1 cm³/mol. The molecular weight excluding hydrogens is 242 g/mol. The van der Waals surface area contributed by atoms with Crippen LogP contribution in [0.4, 0.5) is 0 Å². The Hall–Kier alpha value is -0.840. The molecule has 16 heavy (non-hydrogen) atoms. The molecule has 86 valence electrons. The van der Waals surface area contributed by atoms with E-state index in [4.69, 9.17) is 11.6 Å². The molecule has 1 N–H and O–H groups in total. The Morgan fingerprint density at radius 1 is 1.56 bits per heavy atom. The average molecular weight is 256 g/mol. The minimum absolute atomic E-state index is 0.130. The summed E-state index contributed by atoms with van der Waals surface area (Å²) in [7, 11) is 1.95. The number of hydrogen-bond acceptors (Lipinski definition) is 3. The molecule has 0 aliphatic heterocycles. The van der Waals surface area contributed by atoms with Gasteiger partial charge in [-0.2, -0.15) is 5.10 Å². The Balaban J connectivity index is 2.39. The molecule has 0 amide bonds. The number of halogens is 1. The van der Waals surface area contributed by atoms with Crippen LogP contribution in [0.1, 0.15) is 23.5 Å². The van der Waals surface area contributed by atoms with Crippen LogP contribution in [-0.2, 0) is 7.05 Å². The predicted octanol–water partition coefficient (Wildman–Crippen LogP) is 2.83. The fraction of sp³-hybridized carbons (Fsp3) is 0.364. The monoisotopic (exact) mass is 255 g/mol. The summed E-state index contributed by atoms with van der Waals surface area (Å²) in [4.78, 5) is 1.15. The van der Waals surface area contributed by atoms with Crippen molar-refractivity contribution in [3.63, 3.8) is 0 Å². The van der Waals surface area contributed by atoms with E-state index < -0.39 is 0 Å². The van der Waals surface area contributed by atoms with Crippen LogP contribution < -0.4 is 5.32 Å². The molecule has 2 heterocycles. The fourth-order valence-corrected chi connectivity index (χ4v) is 2.97. The van der Waals surface area contributed by atoms with E-state index in [2.05, 4.69) is 17.3 Å². The van der Waals surface area contributed by atoms with Gasteiger partial charge < -0.3 is 5.32 Å². The van der Waals surface area contributed by atoms with E-state index in [1.165, 1.54) is 0 Å². The Morgan fingerprint density at radius 2 is 2.38 bits per heavy atom. The smallest absolute Gasteiger partial charge is 0.0856 e. The summed E-state index contributed by atoms with van der Waals surface area (Å²) in [5.41, 5.74) is 1.13. The van der Waals surface area contributed by atoms with Crippen molar-refractivity contribution in [3.8, 4) is 0 Å². The lowest BCUT2D eigenvalue weighted by molar-refractivity contribution is 0.579. The van der Waals surface area contributed by atoms with E-state index in [1.54, 1.807) is 17.5 Å². The zero-order valence-electron chi connectivity index (χ0n) is 9.27. The average Bonchev–Trinajstić information content (AvgIpc) is 2.84. The van der Waals surface area contributed by atoms with E-state index in [0.717, 1.165) is 22.1 Å². The molecule has 0 bridgehead atoms. The molecule has 0 saturated carbocycles. The summed E-state index contributed by atoms with van der Waals surface area (Å²) in [6.07, 6.45) is 1.81. The first-order valence-electron chi connectivity index (χ1n) is 5.18. The van der Waals surface area contributed by atoms with Gasteiger partial charge in [-0.1, -0.05) is 18.5 Å². The maximum Gasteiger partial charge on any atom is 0.0856 e. The largest absolute Gasteiger partial charge is 0.305 e. The Morgan fingerprint density at radius 3 is 2.88 bits per heavy atom. The molecule has 1 atom stereocenters. The summed E-state index contributed by atoms with van der Waals surface area (Å²) in [5.74, 6) is 0. The quantitative estimate of drug-likeness (QED) is 0.911. The van der Waals surface area contributed by atoms with Crippen molar-refractivity contribution in [2.45, 2.75) is 13.0 Å². The van der Waals surface area contributed by atoms with Gasteiger partial charge in [-0.25, -0.2) is 0 Å². The normalized spacial score (nSPS) is 12.9. The molecule has 2 rings (SSSR count). The SMILES string of the molecule is CCNC(c1sccc1Cl)c1ccnn1C. The third kappa shape index (κ3) is 2.14. The van der Waals surface area contributed by atoms with Crippen molar-refractivity contribution in [2.75, 3.05) is 6.54 Å². The standard InChI is InChI=1S/C11H14ClN3S/c1-3-13-10(9-4-6-14-15(9)2)11-8(12)5-7-16-11/h4-7,10,13H,3H2,1-2H3. The van der Waals surface area contributed by atoms with Gasteiger partial charge in [0.2, 0.25) is 0 Å². The highest BCUT2D eigenvalue weighted by molar-refractivity contribution is 7.10.